The molecule has 0 aliphatic heterocycles. The molecule has 0 unspecified atom stereocenters. The van der Waals surface area contributed by atoms with Gasteiger partial charge in [0.15, 0.2) is 0 Å². The van der Waals surface area contributed by atoms with Crippen LogP contribution in [-0.2, 0) is 26.6 Å². The van der Waals surface area contributed by atoms with Crippen molar-refractivity contribution in [2.24, 2.45) is 0 Å². The first kappa shape index (κ1) is 25.1. The molecule has 2 aromatic rings. The van der Waals surface area contributed by atoms with E-state index in [1.54, 1.807) is 42.7 Å². The quantitative estimate of drug-likeness (QED) is 0.500. The zero-order valence-electron chi connectivity index (χ0n) is 19.5. The van der Waals surface area contributed by atoms with E-state index in [0.29, 0.717) is 0 Å². The van der Waals surface area contributed by atoms with Crippen LogP contribution in [0.25, 0.3) is 11.1 Å². The molecule has 0 radical (unpaired) electrons. The second kappa shape index (κ2) is 9.98. The van der Waals surface area contributed by atoms with Crippen LogP contribution in [0.5, 0.6) is 0 Å². The number of hydrogen-bond donors (Lipinski definition) is 0. The van der Waals surface area contributed by atoms with Crippen LogP contribution in [0.1, 0.15) is 0 Å². The van der Waals surface area contributed by atoms with Crippen LogP contribution in [0.4, 0.5) is 0 Å². The molecule has 30 heavy (non-hydrogen) atoms. The Balaban J connectivity index is 3.11. The first-order valence-corrected chi connectivity index (χ1v) is 16.7. The Kier molecular flexibility index (Phi) is 8.36. The van der Waals surface area contributed by atoms with E-state index < -0.39 is 25.7 Å². The van der Waals surface area contributed by atoms with Gasteiger partial charge in [0.25, 0.3) is 0 Å². The highest BCUT2D eigenvalue weighted by atomic mass is 28.4. The summed E-state index contributed by atoms with van der Waals surface area (Å²) < 4.78 is 36.1. The zero-order valence-corrected chi connectivity index (χ0v) is 22.5. The van der Waals surface area contributed by atoms with Crippen molar-refractivity contribution in [2.75, 3.05) is 42.7 Å². The lowest BCUT2D eigenvalue weighted by Crippen LogP contribution is -2.73. The summed E-state index contributed by atoms with van der Waals surface area (Å²) >= 11 is 0. The maximum Gasteiger partial charge on any atom is 0.369 e. The van der Waals surface area contributed by atoms with Crippen LogP contribution in [0.3, 0.4) is 0 Å². The average molecular weight is 467 g/mol. The first-order valence-electron chi connectivity index (χ1n) is 9.75. The minimum absolute atomic E-state index is 0.976. The molecule has 0 aliphatic carbocycles. The molecule has 0 heterocycles. The van der Waals surface area contributed by atoms with Crippen LogP contribution in [0.2, 0.25) is 19.6 Å². The van der Waals surface area contributed by atoms with Crippen molar-refractivity contribution in [3.63, 3.8) is 0 Å². The van der Waals surface area contributed by atoms with Crippen LogP contribution < -0.4 is 15.6 Å². The molecule has 2 rings (SSSR count). The van der Waals surface area contributed by atoms with Crippen molar-refractivity contribution < 1.29 is 26.6 Å². The van der Waals surface area contributed by atoms with Gasteiger partial charge in [0.05, 0.1) is 0 Å². The van der Waals surface area contributed by atoms with Crippen LogP contribution in [0, 0.1) is 0 Å². The lowest BCUT2D eigenvalue weighted by atomic mass is 10.1. The molecule has 0 amide bonds. The molecule has 0 atom stereocenters. The van der Waals surface area contributed by atoms with E-state index in [-0.39, 0.29) is 0 Å². The largest absolute Gasteiger partial charge is 0.394 e. The molecule has 6 nitrogen and oxygen atoms in total. The summed E-state index contributed by atoms with van der Waals surface area (Å²) in [5.74, 6) is 0. The Bertz CT molecular complexity index is 834. The normalized spacial score (nSPS) is 13.0. The van der Waals surface area contributed by atoms with Gasteiger partial charge in [-0.3, -0.25) is 0 Å². The predicted octanol–water partition coefficient (Wildman–Crippen LogP) is 2.07. The lowest BCUT2D eigenvalue weighted by Gasteiger charge is -2.37. The van der Waals surface area contributed by atoms with Gasteiger partial charge >= 0.3 is 25.7 Å². The van der Waals surface area contributed by atoms with Gasteiger partial charge in [-0.2, -0.15) is 0 Å². The Morgan fingerprint density at radius 1 is 0.500 bits per heavy atom. The van der Waals surface area contributed by atoms with E-state index in [9.17, 15) is 0 Å². The second-order valence-corrected chi connectivity index (χ2v) is 17.0. The van der Waals surface area contributed by atoms with E-state index in [1.165, 1.54) is 0 Å². The van der Waals surface area contributed by atoms with Gasteiger partial charge in [0.2, 0.25) is 0 Å². The molecule has 0 aromatic heterocycles. The molecule has 0 N–H and O–H groups in total. The minimum atomic E-state index is -2.86. The van der Waals surface area contributed by atoms with Gasteiger partial charge < -0.3 is 26.6 Å². The highest BCUT2D eigenvalue weighted by molar-refractivity contribution is 6.97. The first-order chi connectivity index (χ1) is 14.2. The molecule has 166 valence electrons. The predicted molar refractivity (Wildman–Crippen MR) is 128 cm³/mol. The zero-order chi connectivity index (χ0) is 22.6. The molecule has 0 fully saturated rings. The van der Waals surface area contributed by atoms with Crippen molar-refractivity contribution in [3.8, 4) is 11.1 Å². The molecule has 0 bridgehead atoms. The topological polar surface area (TPSA) is 55.4 Å². The third-order valence-corrected chi connectivity index (χ3v) is 15.4. The second-order valence-electron chi connectivity index (χ2n) is 7.34. The van der Waals surface area contributed by atoms with Gasteiger partial charge in [0, 0.05) is 53.0 Å². The Labute approximate surface area is 183 Å². The molecular weight excluding hydrogens is 432 g/mol. The highest BCUT2D eigenvalue weighted by Gasteiger charge is 2.50. The molecule has 9 heteroatoms. The fourth-order valence-corrected chi connectivity index (χ4v) is 11.7. The SMILES string of the molecule is CO[Si](C)(OC)c1ccc(-c2ccccc2)c([Si](C)(OC)OC)c1[Si](C)(OC)OC. The van der Waals surface area contributed by atoms with Crippen LogP contribution in [-0.4, -0.2) is 68.3 Å². The molecule has 0 aliphatic rings. The van der Waals surface area contributed by atoms with Gasteiger partial charge in [-0.15, -0.1) is 0 Å². The Morgan fingerprint density at radius 2 is 0.933 bits per heavy atom. The highest BCUT2D eigenvalue weighted by Crippen LogP contribution is 2.23. The maximum atomic E-state index is 6.06. The smallest absolute Gasteiger partial charge is 0.369 e. The van der Waals surface area contributed by atoms with E-state index in [1.807, 2.05) is 37.8 Å². The summed E-state index contributed by atoms with van der Waals surface area (Å²) in [6.45, 7) is 6.10. The van der Waals surface area contributed by atoms with Gasteiger partial charge in [-0.25, -0.2) is 0 Å². The van der Waals surface area contributed by atoms with Crippen molar-refractivity contribution in [1.29, 1.82) is 0 Å². The molecule has 2 aromatic carbocycles. The van der Waals surface area contributed by atoms with Gasteiger partial charge in [-0.05, 0) is 36.0 Å². The fraction of sp³-hybridized carbons (Fsp3) is 0.429. The van der Waals surface area contributed by atoms with Crippen molar-refractivity contribution in [1.82, 2.24) is 0 Å². The number of rotatable bonds is 10. The van der Waals surface area contributed by atoms with Crippen LogP contribution in [0.15, 0.2) is 42.5 Å². The number of hydrogen-bond acceptors (Lipinski definition) is 6. The van der Waals surface area contributed by atoms with Crippen molar-refractivity contribution in [2.45, 2.75) is 19.6 Å². The summed E-state index contributed by atoms with van der Waals surface area (Å²) in [4.78, 5) is 0. The summed E-state index contributed by atoms with van der Waals surface area (Å²) in [5.41, 5.74) is 2.12. The summed E-state index contributed by atoms with van der Waals surface area (Å²) in [6.07, 6.45) is 0. The third kappa shape index (κ3) is 4.40. The lowest BCUT2D eigenvalue weighted by molar-refractivity contribution is 0.258. The van der Waals surface area contributed by atoms with E-state index >= 15 is 0 Å². The maximum absolute atomic E-state index is 6.06. The summed E-state index contributed by atoms with van der Waals surface area (Å²) in [5, 5.41) is 2.96. The van der Waals surface area contributed by atoms with Gasteiger partial charge in [-0.1, -0.05) is 42.5 Å². The number of benzene rings is 2. The van der Waals surface area contributed by atoms with Crippen molar-refractivity contribution in [3.05, 3.63) is 42.5 Å². The summed E-state index contributed by atoms with van der Waals surface area (Å²) in [7, 11) is 1.71. The standard InChI is InChI=1S/C21H34O6Si3/c1-22-28(7,23-2)19-16-15-18(17-13-11-10-12-14-17)20(29(8,24-3)25-4)21(19)30(9,26-5)27-6/h10-16H,1-9H3. The van der Waals surface area contributed by atoms with Crippen molar-refractivity contribution >= 4 is 41.2 Å². The van der Waals surface area contributed by atoms with E-state index in [2.05, 4.69) is 24.3 Å². The van der Waals surface area contributed by atoms with Crippen LogP contribution >= 0.6 is 0 Å². The molecule has 0 saturated carbocycles. The third-order valence-electron chi connectivity index (χ3n) is 6.02. The van der Waals surface area contributed by atoms with E-state index in [0.717, 1.165) is 26.7 Å². The minimum Gasteiger partial charge on any atom is -0.394 e. The Hall–Kier alpha value is -1.15. The average Bonchev–Trinajstić information content (AvgIpc) is 2.82. The fourth-order valence-electron chi connectivity index (χ4n) is 3.66. The van der Waals surface area contributed by atoms with E-state index in [4.69, 9.17) is 26.6 Å². The van der Waals surface area contributed by atoms with Gasteiger partial charge in [0.1, 0.15) is 0 Å². The molecule has 0 spiro atoms. The molecule has 0 saturated heterocycles. The Morgan fingerprint density at radius 3 is 1.37 bits per heavy atom. The molecular formula is C21H34O6Si3. The monoisotopic (exact) mass is 466 g/mol. The summed E-state index contributed by atoms with van der Waals surface area (Å²) in [6, 6.07) is 14.4.